The molecule has 0 saturated carbocycles. The van der Waals surface area contributed by atoms with Gasteiger partial charge in [0, 0.05) is 12.1 Å². The SMILES string of the molecule is CCCCOC(=O)CCN1C(=O)C(=Cc2ccccc2F)SC1=S. The molecule has 0 N–H and O–H groups in total. The molecule has 4 nitrogen and oxygen atoms in total. The lowest BCUT2D eigenvalue weighted by Gasteiger charge is -2.13. The summed E-state index contributed by atoms with van der Waals surface area (Å²) < 4.78 is 19.1. The molecule has 0 radical (unpaired) electrons. The molecule has 1 aromatic rings. The second-order valence-electron chi connectivity index (χ2n) is 5.18. The number of thiocarbonyl (C=S) groups is 1. The van der Waals surface area contributed by atoms with Crippen LogP contribution in [0.5, 0.6) is 0 Å². The topological polar surface area (TPSA) is 46.6 Å². The van der Waals surface area contributed by atoms with Gasteiger partial charge in [0.15, 0.2) is 0 Å². The Balaban J connectivity index is 1.97. The summed E-state index contributed by atoms with van der Waals surface area (Å²) in [5, 5.41) is 0. The van der Waals surface area contributed by atoms with E-state index in [1.807, 2.05) is 6.92 Å². The number of carbonyl (C=O) groups excluding carboxylic acids is 2. The van der Waals surface area contributed by atoms with Crippen molar-refractivity contribution in [1.29, 1.82) is 0 Å². The third kappa shape index (κ3) is 4.88. The lowest BCUT2D eigenvalue weighted by molar-refractivity contribution is -0.144. The van der Waals surface area contributed by atoms with E-state index < -0.39 is 5.82 Å². The fourth-order valence-corrected chi connectivity index (χ4v) is 3.33. The van der Waals surface area contributed by atoms with Gasteiger partial charge in [-0.2, -0.15) is 0 Å². The number of halogens is 1. The molecule has 0 aliphatic carbocycles. The van der Waals surface area contributed by atoms with E-state index in [1.54, 1.807) is 18.2 Å². The van der Waals surface area contributed by atoms with Crippen LogP contribution < -0.4 is 0 Å². The molecule has 0 unspecified atom stereocenters. The minimum Gasteiger partial charge on any atom is -0.466 e. The second kappa shape index (κ2) is 8.94. The lowest BCUT2D eigenvalue weighted by atomic mass is 10.2. The van der Waals surface area contributed by atoms with Crippen LogP contribution >= 0.6 is 24.0 Å². The molecule has 1 aliphatic heterocycles. The average molecular weight is 367 g/mol. The summed E-state index contributed by atoms with van der Waals surface area (Å²) in [4.78, 5) is 25.7. The summed E-state index contributed by atoms with van der Waals surface area (Å²) in [5.41, 5.74) is 0.331. The van der Waals surface area contributed by atoms with E-state index in [-0.39, 0.29) is 24.8 Å². The van der Waals surface area contributed by atoms with Crippen molar-refractivity contribution < 1.29 is 18.7 Å². The maximum atomic E-state index is 13.7. The van der Waals surface area contributed by atoms with E-state index in [9.17, 15) is 14.0 Å². The van der Waals surface area contributed by atoms with Gasteiger partial charge in [-0.1, -0.05) is 55.5 Å². The Morgan fingerprint density at radius 3 is 2.88 bits per heavy atom. The monoisotopic (exact) mass is 367 g/mol. The van der Waals surface area contributed by atoms with Gasteiger partial charge in [0.05, 0.1) is 17.9 Å². The first kappa shape index (κ1) is 18.6. The first-order valence-electron chi connectivity index (χ1n) is 7.68. The number of hydrogen-bond donors (Lipinski definition) is 0. The van der Waals surface area contributed by atoms with Crippen LogP contribution in [-0.2, 0) is 14.3 Å². The first-order chi connectivity index (χ1) is 11.5. The number of amides is 1. The predicted octanol–water partition coefficient (Wildman–Crippen LogP) is 3.76. The minimum atomic E-state index is -0.401. The van der Waals surface area contributed by atoms with Crippen molar-refractivity contribution >= 4 is 46.3 Å². The van der Waals surface area contributed by atoms with E-state index in [0.717, 1.165) is 24.6 Å². The molecule has 128 valence electrons. The largest absolute Gasteiger partial charge is 0.466 e. The van der Waals surface area contributed by atoms with Gasteiger partial charge in [-0.05, 0) is 18.6 Å². The molecule has 1 aromatic carbocycles. The minimum absolute atomic E-state index is 0.0864. The number of rotatable bonds is 7. The summed E-state index contributed by atoms with van der Waals surface area (Å²) in [6, 6.07) is 6.20. The first-order valence-corrected chi connectivity index (χ1v) is 8.91. The third-order valence-electron chi connectivity index (χ3n) is 3.37. The predicted molar refractivity (Wildman–Crippen MR) is 96.8 cm³/mol. The normalized spacial score (nSPS) is 16.1. The van der Waals surface area contributed by atoms with E-state index in [2.05, 4.69) is 0 Å². The van der Waals surface area contributed by atoms with Gasteiger partial charge in [-0.25, -0.2) is 4.39 Å². The molecular weight excluding hydrogens is 349 g/mol. The zero-order valence-corrected chi connectivity index (χ0v) is 14.9. The maximum Gasteiger partial charge on any atom is 0.307 e. The van der Waals surface area contributed by atoms with Gasteiger partial charge in [-0.15, -0.1) is 0 Å². The van der Waals surface area contributed by atoms with Gasteiger partial charge in [0.25, 0.3) is 5.91 Å². The molecule has 1 amide bonds. The highest BCUT2D eigenvalue weighted by Gasteiger charge is 2.32. The van der Waals surface area contributed by atoms with Crippen LogP contribution in [0.4, 0.5) is 4.39 Å². The molecule has 0 spiro atoms. The summed E-state index contributed by atoms with van der Waals surface area (Å²) in [6.45, 7) is 2.57. The fraction of sp³-hybridized carbons (Fsp3) is 0.353. The van der Waals surface area contributed by atoms with Crippen LogP contribution in [0.15, 0.2) is 29.2 Å². The van der Waals surface area contributed by atoms with Gasteiger partial charge in [0.1, 0.15) is 10.1 Å². The molecular formula is C17H18FNO3S2. The standard InChI is InChI=1S/C17H18FNO3S2/c1-2-3-10-22-15(20)8-9-19-16(21)14(24-17(19)23)11-12-6-4-5-7-13(12)18/h4-7,11H,2-3,8-10H2,1H3. The smallest absolute Gasteiger partial charge is 0.307 e. The van der Waals surface area contributed by atoms with Crippen molar-refractivity contribution in [3.05, 3.63) is 40.6 Å². The molecule has 2 rings (SSSR count). The van der Waals surface area contributed by atoms with E-state index in [1.165, 1.54) is 17.0 Å². The Morgan fingerprint density at radius 1 is 1.42 bits per heavy atom. The average Bonchev–Trinajstić information content (AvgIpc) is 2.82. The van der Waals surface area contributed by atoms with Crippen molar-refractivity contribution in [2.75, 3.05) is 13.2 Å². The summed E-state index contributed by atoms with van der Waals surface area (Å²) >= 11 is 6.29. The van der Waals surface area contributed by atoms with E-state index in [4.69, 9.17) is 17.0 Å². The van der Waals surface area contributed by atoms with E-state index >= 15 is 0 Å². The maximum absolute atomic E-state index is 13.7. The van der Waals surface area contributed by atoms with Crippen LogP contribution in [0.1, 0.15) is 31.7 Å². The Bertz CT molecular complexity index is 676. The number of nitrogens with zero attached hydrogens (tertiary/aromatic N) is 1. The number of ether oxygens (including phenoxy) is 1. The summed E-state index contributed by atoms with van der Waals surface area (Å²) in [7, 11) is 0. The number of benzene rings is 1. The summed E-state index contributed by atoms with van der Waals surface area (Å²) in [6.07, 6.45) is 3.33. The highest BCUT2D eigenvalue weighted by atomic mass is 32.2. The molecule has 1 fully saturated rings. The van der Waals surface area contributed by atoms with Crippen molar-refractivity contribution in [1.82, 2.24) is 4.90 Å². The lowest BCUT2D eigenvalue weighted by Crippen LogP contribution is -2.30. The number of esters is 1. The van der Waals surface area contributed by atoms with Gasteiger partial charge in [-0.3, -0.25) is 14.5 Å². The van der Waals surface area contributed by atoms with E-state index in [0.29, 0.717) is 21.4 Å². The van der Waals surface area contributed by atoms with Gasteiger partial charge < -0.3 is 4.74 Å². The molecule has 24 heavy (non-hydrogen) atoms. The Kier molecular flexibility index (Phi) is 6.93. The van der Waals surface area contributed by atoms with Crippen LogP contribution in [0.25, 0.3) is 6.08 Å². The molecule has 0 bridgehead atoms. The van der Waals surface area contributed by atoms with Crippen molar-refractivity contribution in [3.63, 3.8) is 0 Å². The van der Waals surface area contributed by atoms with Crippen LogP contribution in [0.3, 0.4) is 0 Å². The molecule has 1 heterocycles. The van der Waals surface area contributed by atoms with Crippen LogP contribution in [0.2, 0.25) is 0 Å². The highest BCUT2D eigenvalue weighted by Crippen LogP contribution is 2.32. The summed E-state index contributed by atoms with van der Waals surface area (Å²) in [5.74, 6) is -1.06. The Hall–Kier alpha value is -1.73. The van der Waals surface area contributed by atoms with Crippen molar-refractivity contribution in [2.24, 2.45) is 0 Å². The quantitative estimate of drug-likeness (QED) is 0.318. The van der Waals surface area contributed by atoms with Crippen molar-refractivity contribution in [3.8, 4) is 0 Å². The van der Waals surface area contributed by atoms with Crippen LogP contribution in [-0.4, -0.2) is 34.2 Å². The number of thioether (sulfide) groups is 1. The molecule has 0 aromatic heterocycles. The van der Waals surface area contributed by atoms with Crippen molar-refractivity contribution in [2.45, 2.75) is 26.2 Å². The molecule has 1 saturated heterocycles. The zero-order chi connectivity index (χ0) is 17.5. The van der Waals surface area contributed by atoms with Gasteiger partial charge in [0.2, 0.25) is 0 Å². The fourth-order valence-electron chi connectivity index (χ4n) is 2.03. The Labute approximate surface area is 150 Å². The number of hydrogen-bond acceptors (Lipinski definition) is 5. The number of carbonyl (C=O) groups is 2. The van der Waals surface area contributed by atoms with Gasteiger partial charge >= 0.3 is 5.97 Å². The zero-order valence-electron chi connectivity index (χ0n) is 13.3. The number of unbranched alkanes of at least 4 members (excludes halogenated alkanes) is 1. The third-order valence-corrected chi connectivity index (χ3v) is 4.74. The molecule has 7 heteroatoms. The molecule has 0 atom stereocenters. The molecule has 1 aliphatic rings. The highest BCUT2D eigenvalue weighted by molar-refractivity contribution is 8.26. The second-order valence-corrected chi connectivity index (χ2v) is 6.85. The Morgan fingerprint density at radius 2 is 2.17 bits per heavy atom. The van der Waals surface area contributed by atoms with Crippen LogP contribution in [0, 0.1) is 5.82 Å².